The summed E-state index contributed by atoms with van der Waals surface area (Å²) in [6.07, 6.45) is 1.20. The van der Waals surface area contributed by atoms with Crippen LogP contribution in [0.15, 0.2) is 29.4 Å². The lowest BCUT2D eigenvalue weighted by atomic mass is 10.2. The van der Waals surface area contributed by atoms with Gasteiger partial charge in [-0.05, 0) is 38.1 Å². The lowest BCUT2D eigenvalue weighted by Crippen LogP contribution is -2.06. The smallest absolute Gasteiger partial charge is 0.254 e. The van der Waals surface area contributed by atoms with Crippen molar-refractivity contribution < 1.29 is 22.0 Å². The molecule has 0 saturated carbocycles. The van der Waals surface area contributed by atoms with Crippen molar-refractivity contribution in [2.24, 2.45) is 5.10 Å². The molecule has 0 atom stereocenters. The Bertz CT molecular complexity index is 1000. The molecular formula is C17H12F5N5. The minimum absolute atomic E-state index is 0.396. The molecule has 140 valence electrons. The van der Waals surface area contributed by atoms with Crippen LogP contribution in [-0.2, 0) is 0 Å². The number of pyridine rings is 1. The summed E-state index contributed by atoms with van der Waals surface area (Å²) in [5, 5.41) is 7.93. The van der Waals surface area contributed by atoms with E-state index in [1.807, 2.05) is 5.43 Å². The predicted octanol–water partition coefficient (Wildman–Crippen LogP) is 4.03. The standard InChI is InChI=1S/C17H12F5N5/c1-8-12(9(2)27(26-8)11-5-3-10(18)4-6-11)7-23-25-15-13(19)16(21)24-17(22)14(15)20/h3-7H,1-2H3,(H,24,25)/b23-7-. The van der Waals surface area contributed by atoms with E-state index >= 15 is 0 Å². The molecular weight excluding hydrogens is 369 g/mol. The number of rotatable bonds is 4. The molecule has 3 aromatic rings. The number of anilines is 1. The molecule has 0 saturated heterocycles. The number of hydrogen-bond acceptors (Lipinski definition) is 4. The highest BCUT2D eigenvalue weighted by Gasteiger charge is 2.20. The van der Waals surface area contributed by atoms with Crippen LogP contribution in [0.3, 0.4) is 0 Å². The molecule has 0 unspecified atom stereocenters. The molecule has 1 aromatic carbocycles. The molecule has 0 spiro atoms. The SMILES string of the molecule is Cc1nn(-c2ccc(F)cc2)c(C)c1/C=N\Nc1c(F)c(F)nc(F)c1F. The molecule has 2 aromatic heterocycles. The summed E-state index contributed by atoms with van der Waals surface area (Å²) in [7, 11) is 0. The average molecular weight is 381 g/mol. The Morgan fingerprint density at radius 2 is 1.56 bits per heavy atom. The van der Waals surface area contributed by atoms with Crippen LogP contribution >= 0.6 is 0 Å². The molecule has 1 N–H and O–H groups in total. The van der Waals surface area contributed by atoms with Crippen LogP contribution in [0, 0.1) is 43.2 Å². The van der Waals surface area contributed by atoms with Gasteiger partial charge in [-0.2, -0.15) is 32.7 Å². The van der Waals surface area contributed by atoms with Crippen molar-refractivity contribution in [3.05, 3.63) is 70.6 Å². The van der Waals surface area contributed by atoms with Gasteiger partial charge in [-0.25, -0.2) is 9.07 Å². The molecule has 0 bridgehead atoms. The van der Waals surface area contributed by atoms with E-state index in [4.69, 9.17) is 0 Å². The Morgan fingerprint density at radius 1 is 0.963 bits per heavy atom. The maximum absolute atomic E-state index is 13.6. The fourth-order valence-electron chi connectivity index (χ4n) is 2.42. The van der Waals surface area contributed by atoms with Gasteiger partial charge in [0.2, 0.25) is 11.6 Å². The first-order valence-corrected chi connectivity index (χ1v) is 7.60. The highest BCUT2D eigenvalue weighted by atomic mass is 19.2. The molecule has 0 amide bonds. The second kappa shape index (κ2) is 7.14. The van der Waals surface area contributed by atoms with Crippen molar-refractivity contribution in [3.63, 3.8) is 0 Å². The molecule has 10 heteroatoms. The number of nitrogens with one attached hydrogen (secondary N) is 1. The Kier molecular flexibility index (Phi) is 4.89. The number of halogens is 5. The number of hydrazone groups is 1. The topological polar surface area (TPSA) is 55.1 Å². The van der Waals surface area contributed by atoms with E-state index in [2.05, 4.69) is 15.2 Å². The minimum atomic E-state index is -1.79. The van der Waals surface area contributed by atoms with Gasteiger partial charge < -0.3 is 0 Å². The van der Waals surface area contributed by atoms with Crippen LogP contribution < -0.4 is 5.43 Å². The van der Waals surface area contributed by atoms with Gasteiger partial charge in [-0.1, -0.05) is 0 Å². The Hall–Kier alpha value is -3.30. The summed E-state index contributed by atoms with van der Waals surface area (Å²) >= 11 is 0. The van der Waals surface area contributed by atoms with Gasteiger partial charge in [0.05, 0.1) is 23.3 Å². The first kappa shape index (κ1) is 18.5. The van der Waals surface area contributed by atoms with E-state index in [1.165, 1.54) is 35.2 Å². The summed E-state index contributed by atoms with van der Waals surface area (Å²) in [5.74, 6) is -7.36. The van der Waals surface area contributed by atoms with Crippen molar-refractivity contribution >= 4 is 11.9 Å². The van der Waals surface area contributed by atoms with Gasteiger partial charge in [0.1, 0.15) is 11.5 Å². The highest BCUT2D eigenvalue weighted by Crippen LogP contribution is 2.22. The van der Waals surface area contributed by atoms with Crippen LogP contribution in [0.4, 0.5) is 27.6 Å². The Labute approximate surface area is 150 Å². The lowest BCUT2D eigenvalue weighted by molar-refractivity contribution is 0.411. The molecule has 2 heterocycles. The fraction of sp³-hybridized carbons (Fsp3) is 0.118. The summed E-state index contributed by atoms with van der Waals surface area (Å²) < 4.78 is 67.9. The molecule has 0 radical (unpaired) electrons. The molecule has 5 nitrogen and oxygen atoms in total. The van der Waals surface area contributed by atoms with Gasteiger partial charge in [0, 0.05) is 5.56 Å². The first-order valence-electron chi connectivity index (χ1n) is 7.60. The predicted molar refractivity (Wildman–Crippen MR) is 88.3 cm³/mol. The Balaban J connectivity index is 1.90. The van der Waals surface area contributed by atoms with E-state index in [0.717, 1.165) is 0 Å². The van der Waals surface area contributed by atoms with E-state index in [1.54, 1.807) is 13.8 Å². The summed E-state index contributed by atoms with van der Waals surface area (Å²) in [5.41, 5.74) is 3.07. The number of aromatic nitrogens is 3. The maximum Gasteiger partial charge on any atom is 0.254 e. The minimum Gasteiger partial charge on any atom is -0.272 e. The summed E-state index contributed by atoms with van der Waals surface area (Å²) in [6.45, 7) is 3.37. The van der Waals surface area contributed by atoms with Gasteiger partial charge >= 0.3 is 0 Å². The molecule has 3 rings (SSSR count). The summed E-state index contributed by atoms with van der Waals surface area (Å²) in [6, 6.07) is 5.61. The van der Waals surface area contributed by atoms with Crippen molar-refractivity contribution in [3.8, 4) is 5.69 Å². The lowest BCUT2D eigenvalue weighted by Gasteiger charge is -2.05. The van der Waals surface area contributed by atoms with Gasteiger partial charge in [0.25, 0.3) is 11.9 Å². The molecule has 0 aliphatic carbocycles. The third-order valence-electron chi connectivity index (χ3n) is 3.79. The second-order valence-electron chi connectivity index (χ2n) is 5.54. The normalized spacial score (nSPS) is 11.4. The molecule has 27 heavy (non-hydrogen) atoms. The largest absolute Gasteiger partial charge is 0.272 e. The van der Waals surface area contributed by atoms with Crippen molar-refractivity contribution in [1.82, 2.24) is 14.8 Å². The highest BCUT2D eigenvalue weighted by molar-refractivity contribution is 5.83. The third kappa shape index (κ3) is 3.50. The van der Waals surface area contributed by atoms with Crippen LogP contribution in [0.5, 0.6) is 0 Å². The zero-order valence-corrected chi connectivity index (χ0v) is 14.1. The van der Waals surface area contributed by atoms with E-state index in [0.29, 0.717) is 22.6 Å². The third-order valence-corrected chi connectivity index (χ3v) is 3.79. The van der Waals surface area contributed by atoms with Crippen molar-refractivity contribution in [1.29, 1.82) is 0 Å². The van der Waals surface area contributed by atoms with E-state index < -0.39 is 35.0 Å². The Morgan fingerprint density at radius 3 is 2.15 bits per heavy atom. The van der Waals surface area contributed by atoms with Crippen LogP contribution in [-0.4, -0.2) is 21.0 Å². The van der Waals surface area contributed by atoms with E-state index in [-0.39, 0.29) is 0 Å². The number of nitrogens with zero attached hydrogens (tertiary/aromatic N) is 4. The molecule has 0 aliphatic rings. The fourth-order valence-corrected chi connectivity index (χ4v) is 2.42. The number of aryl methyl sites for hydroxylation is 1. The zero-order chi connectivity index (χ0) is 19.7. The van der Waals surface area contributed by atoms with Crippen molar-refractivity contribution in [2.75, 3.05) is 5.43 Å². The van der Waals surface area contributed by atoms with Gasteiger partial charge in [-0.15, -0.1) is 0 Å². The first-order chi connectivity index (χ1) is 12.8. The maximum atomic E-state index is 13.6. The second-order valence-corrected chi connectivity index (χ2v) is 5.54. The van der Waals surface area contributed by atoms with Crippen LogP contribution in [0.25, 0.3) is 5.69 Å². The summed E-state index contributed by atoms with van der Waals surface area (Å²) in [4.78, 5) is 2.46. The molecule has 0 fully saturated rings. The van der Waals surface area contributed by atoms with Gasteiger partial charge in [0.15, 0.2) is 0 Å². The average Bonchev–Trinajstić information content (AvgIpc) is 2.91. The van der Waals surface area contributed by atoms with Gasteiger partial charge in [-0.3, -0.25) is 5.43 Å². The van der Waals surface area contributed by atoms with E-state index in [9.17, 15) is 22.0 Å². The van der Waals surface area contributed by atoms with Crippen LogP contribution in [0.2, 0.25) is 0 Å². The van der Waals surface area contributed by atoms with Crippen molar-refractivity contribution in [2.45, 2.75) is 13.8 Å². The number of benzene rings is 1. The molecule has 0 aliphatic heterocycles. The number of hydrogen-bond donors (Lipinski definition) is 1. The zero-order valence-electron chi connectivity index (χ0n) is 14.1. The quantitative estimate of drug-likeness (QED) is 0.321. The van der Waals surface area contributed by atoms with Crippen LogP contribution in [0.1, 0.15) is 17.0 Å². The monoisotopic (exact) mass is 381 g/mol.